The molecule has 0 atom stereocenters. The van der Waals surface area contributed by atoms with Crippen LogP contribution in [0.2, 0.25) is 0 Å². The molecule has 28 heavy (non-hydrogen) atoms. The summed E-state index contributed by atoms with van der Waals surface area (Å²) in [7, 11) is 0. The molecular weight excluding hydrogens is 354 g/mol. The van der Waals surface area contributed by atoms with Gasteiger partial charge in [-0.2, -0.15) is 5.10 Å². The molecule has 2 N–H and O–H groups in total. The number of aromatic nitrogens is 2. The van der Waals surface area contributed by atoms with E-state index in [0.717, 1.165) is 24.3 Å². The molecule has 1 aliphatic rings. The van der Waals surface area contributed by atoms with Crippen molar-refractivity contribution in [3.63, 3.8) is 0 Å². The van der Waals surface area contributed by atoms with Crippen LogP contribution in [0.25, 0.3) is 0 Å². The van der Waals surface area contributed by atoms with Gasteiger partial charge in [0.15, 0.2) is 0 Å². The Morgan fingerprint density at radius 1 is 1.18 bits per heavy atom. The minimum atomic E-state index is -0.674. The maximum absolute atomic E-state index is 13.2. The van der Waals surface area contributed by atoms with Crippen LogP contribution in [0.5, 0.6) is 0 Å². The van der Waals surface area contributed by atoms with Gasteiger partial charge in [0.1, 0.15) is 5.54 Å². The zero-order valence-corrected chi connectivity index (χ0v) is 16.6. The lowest BCUT2D eigenvalue weighted by molar-refractivity contribution is -0.130. The molecule has 150 valence electrons. The van der Waals surface area contributed by atoms with E-state index in [0.29, 0.717) is 32.4 Å². The van der Waals surface area contributed by atoms with Gasteiger partial charge in [0, 0.05) is 31.2 Å². The molecule has 2 amide bonds. The summed E-state index contributed by atoms with van der Waals surface area (Å²) in [5, 5.41) is 10.7. The van der Waals surface area contributed by atoms with E-state index in [-0.39, 0.29) is 11.8 Å². The van der Waals surface area contributed by atoms with Crippen LogP contribution in [-0.4, -0.2) is 52.7 Å². The van der Waals surface area contributed by atoms with Crippen molar-refractivity contribution in [1.82, 2.24) is 20.0 Å². The third kappa shape index (κ3) is 4.25. The average Bonchev–Trinajstić information content (AvgIpc) is 3.26. The Bertz CT molecular complexity index is 776. The first-order valence-electron chi connectivity index (χ1n) is 9.98. The Labute approximate surface area is 166 Å². The molecule has 1 saturated heterocycles. The lowest BCUT2D eigenvalue weighted by atomic mass is 9.87. The Hall–Kier alpha value is -2.67. The molecule has 0 bridgehead atoms. The van der Waals surface area contributed by atoms with Crippen molar-refractivity contribution in [3.8, 4) is 0 Å². The number of piperidine rings is 1. The van der Waals surface area contributed by atoms with Gasteiger partial charge < -0.3 is 15.5 Å². The first-order valence-corrected chi connectivity index (χ1v) is 9.98. The lowest BCUT2D eigenvalue weighted by Crippen LogP contribution is -2.52. The molecule has 0 unspecified atom stereocenters. The summed E-state index contributed by atoms with van der Waals surface area (Å²) in [6.45, 7) is 6.95. The number of anilines is 1. The SMILES string of the molecule is CCN(CC)C(=O)Cc1ccc(NC(=O)C2(n3cccn3)CCNCC2)cc1. The number of nitrogens with zero attached hydrogens (tertiary/aromatic N) is 3. The zero-order chi connectivity index (χ0) is 20.0. The highest BCUT2D eigenvalue weighted by Gasteiger charge is 2.42. The van der Waals surface area contributed by atoms with Crippen molar-refractivity contribution >= 4 is 17.5 Å². The minimum Gasteiger partial charge on any atom is -0.343 e. The van der Waals surface area contributed by atoms with E-state index in [2.05, 4.69) is 15.7 Å². The summed E-state index contributed by atoms with van der Waals surface area (Å²) in [5.74, 6) is 0.0683. The van der Waals surface area contributed by atoms with Crippen LogP contribution in [0.15, 0.2) is 42.7 Å². The van der Waals surface area contributed by atoms with Gasteiger partial charge in [-0.15, -0.1) is 0 Å². The Morgan fingerprint density at radius 2 is 1.86 bits per heavy atom. The van der Waals surface area contributed by atoms with E-state index in [1.165, 1.54) is 0 Å². The second kappa shape index (κ2) is 9.01. The maximum atomic E-state index is 13.2. The van der Waals surface area contributed by atoms with Gasteiger partial charge in [0.05, 0.1) is 6.42 Å². The topological polar surface area (TPSA) is 79.3 Å². The zero-order valence-electron chi connectivity index (χ0n) is 16.6. The molecule has 7 heteroatoms. The third-order valence-electron chi connectivity index (χ3n) is 5.48. The van der Waals surface area contributed by atoms with Gasteiger partial charge in [-0.1, -0.05) is 12.1 Å². The van der Waals surface area contributed by atoms with Gasteiger partial charge in [-0.3, -0.25) is 14.3 Å². The van der Waals surface area contributed by atoms with Gasteiger partial charge >= 0.3 is 0 Å². The highest BCUT2D eigenvalue weighted by molar-refractivity contribution is 5.96. The molecule has 0 saturated carbocycles. The van der Waals surface area contributed by atoms with Gasteiger partial charge in [-0.25, -0.2) is 0 Å². The number of benzene rings is 1. The molecule has 7 nitrogen and oxygen atoms in total. The van der Waals surface area contributed by atoms with Gasteiger partial charge in [0.2, 0.25) is 5.91 Å². The Balaban J connectivity index is 1.69. The van der Waals surface area contributed by atoms with Gasteiger partial charge in [0.25, 0.3) is 5.91 Å². The van der Waals surface area contributed by atoms with Crippen molar-refractivity contribution in [2.24, 2.45) is 0 Å². The minimum absolute atomic E-state index is 0.0512. The Kier molecular flexibility index (Phi) is 6.46. The molecular formula is C21H29N5O2. The number of rotatable bonds is 7. The van der Waals surface area contributed by atoms with Crippen molar-refractivity contribution in [2.45, 2.75) is 38.6 Å². The maximum Gasteiger partial charge on any atom is 0.252 e. The van der Waals surface area contributed by atoms with E-state index in [1.54, 1.807) is 10.9 Å². The van der Waals surface area contributed by atoms with E-state index in [9.17, 15) is 9.59 Å². The van der Waals surface area contributed by atoms with E-state index < -0.39 is 5.54 Å². The molecule has 1 aliphatic heterocycles. The fraction of sp³-hybridized carbons (Fsp3) is 0.476. The smallest absolute Gasteiger partial charge is 0.252 e. The van der Waals surface area contributed by atoms with Crippen LogP contribution < -0.4 is 10.6 Å². The average molecular weight is 383 g/mol. The predicted molar refractivity (Wildman–Crippen MR) is 109 cm³/mol. The monoisotopic (exact) mass is 383 g/mol. The number of nitrogens with one attached hydrogen (secondary N) is 2. The fourth-order valence-corrected chi connectivity index (χ4v) is 3.74. The van der Waals surface area contributed by atoms with Crippen LogP contribution in [0.3, 0.4) is 0 Å². The first kappa shape index (κ1) is 20.1. The molecule has 2 heterocycles. The molecule has 1 aromatic carbocycles. The van der Waals surface area contributed by atoms with Crippen LogP contribution in [-0.2, 0) is 21.5 Å². The molecule has 2 aromatic rings. The van der Waals surface area contributed by atoms with E-state index in [4.69, 9.17) is 0 Å². The quantitative estimate of drug-likeness (QED) is 0.767. The largest absolute Gasteiger partial charge is 0.343 e. The van der Waals surface area contributed by atoms with Crippen LogP contribution in [0, 0.1) is 0 Å². The van der Waals surface area contributed by atoms with Crippen molar-refractivity contribution in [3.05, 3.63) is 48.3 Å². The number of hydrogen-bond acceptors (Lipinski definition) is 4. The van der Waals surface area contributed by atoms with Crippen molar-refractivity contribution in [2.75, 3.05) is 31.5 Å². The molecule has 0 spiro atoms. The van der Waals surface area contributed by atoms with Gasteiger partial charge in [-0.05, 0) is 63.5 Å². The molecule has 3 rings (SSSR count). The lowest BCUT2D eigenvalue weighted by Gasteiger charge is -2.36. The highest BCUT2D eigenvalue weighted by atomic mass is 16.2. The number of likely N-dealkylation sites (N-methyl/N-ethyl adjacent to an activating group) is 1. The Morgan fingerprint density at radius 3 is 2.43 bits per heavy atom. The molecule has 0 radical (unpaired) electrons. The predicted octanol–water partition coefficient (Wildman–Crippen LogP) is 2.01. The third-order valence-corrected chi connectivity index (χ3v) is 5.48. The summed E-state index contributed by atoms with van der Waals surface area (Å²) in [6, 6.07) is 9.38. The second-order valence-corrected chi connectivity index (χ2v) is 7.13. The number of hydrogen-bond donors (Lipinski definition) is 2. The van der Waals surface area contributed by atoms with E-state index >= 15 is 0 Å². The second-order valence-electron chi connectivity index (χ2n) is 7.13. The standard InChI is InChI=1S/C21H29N5O2/c1-3-25(4-2)19(27)16-17-6-8-18(9-7-17)24-20(28)21(10-13-22-14-11-21)26-15-5-12-23-26/h5-9,12,15,22H,3-4,10-11,13-14,16H2,1-2H3,(H,24,28). The first-order chi connectivity index (χ1) is 13.6. The van der Waals surface area contributed by atoms with Crippen molar-refractivity contribution < 1.29 is 9.59 Å². The number of carbonyl (C=O) groups is 2. The summed E-state index contributed by atoms with van der Waals surface area (Å²) in [5.41, 5.74) is 0.999. The van der Waals surface area contributed by atoms with Crippen LogP contribution in [0.4, 0.5) is 5.69 Å². The van der Waals surface area contributed by atoms with E-state index in [1.807, 2.05) is 55.3 Å². The summed E-state index contributed by atoms with van der Waals surface area (Å²) < 4.78 is 1.78. The molecule has 0 aliphatic carbocycles. The highest BCUT2D eigenvalue weighted by Crippen LogP contribution is 2.28. The van der Waals surface area contributed by atoms with Crippen molar-refractivity contribution in [1.29, 1.82) is 0 Å². The molecule has 1 aromatic heterocycles. The normalized spacial score (nSPS) is 15.8. The van der Waals surface area contributed by atoms with Crippen LogP contribution >= 0.6 is 0 Å². The summed E-state index contributed by atoms with van der Waals surface area (Å²) >= 11 is 0. The number of amides is 2. The fourth-order valence-electron chi connectivity index (χ4n) is 3.74. The molecule has 1 fully saturated rings. The summed E-state index contributed by atoms with van der Waals surface area (Å²) in [4.78, 5) is 27.2. The van der Waals surface area contributed by atoms with Crippen LogP contribution in [0.1, 0.15) is 32.3 Å². The number of carbonyl (C=O) groups excluding carboxylic acids is 2. The summed E-state index contributed by atoms with van der Waals surface area (Å²) in [6.07, 6.45) is 5.32.